The Morgan fingerprint density at radius 3 is 2.50 bits per heavy atom. The molecule has 2 N–H and O–H groups in total. The van der Waals surface area contributed by atoms with Crippen molar-refractivity contribution in [3.63, 3.8) is 0 Å². The molecule has 7 atom stereocenters. The van der Waals surface area contributed by atoms with Crippen molar-refractivity contribution in [1.29, 1.82) is 0 Å². The largest absolute Gasteiger partial charge is 0.393 e. The summed E-state index contributed by atoms with van der Waals surface area (Å²) in [4.78, 5) is 0. The van der Waals surface area contributed by atoms with Crippen LogP contribution in [0.2, 0.25) is 0 Å². The molecular weight excluding hydrogens is 272 g/mol. The van der Waals surface area contributed by atoms with E-state index >= 15 is 0 Å². The van der Waals surface area contributed by atoms with Crippen LogP contribution in [0.15, 0.2) is 11.6 Å². The van der Waals surface area contributed by atoms with Crippen molar-refractivity contribution < 1.29 is 10.2 Å². The fraction of sp³-hybridized carbons (Fsp3) is 0.900. The van der Waals surface area contributed by atoms with Gasteiger partial charge in [-0.25, -0.2) is 0 Å². The Kier molecular flexibility index (Phi) is 3.18. The molecule has 2 nitrogen and oxygen atoms in total. The van der Waals surface area contributed by atoms with Gasteiger partial charge in [0.05, 0.1) is 11.7 Å². The molecule has 124 valence electrons. The lowest BCUT2D eigenvalue weighted by molar-refractivity contribution is -0.115. The van der Waals surface area contributed by atoms with Crippen molar-refractivity contribution >= 4 is 0 Å². The van der Waals surface area contributed by atoms with Gasteiger partial charge in [0.2, 0.25) is 0 Å². The maximum atomic E-state index is 10.9. The van der Waals surface area contributed by atoms with Crippen LogP contribution in [0.25, 0.3) is 0 Å². The summed E-state index contributed by atoms with van der Waals surface area (Å²) in [6, 6.07) is 0. The normalized spacial score (nSPS) is 57.6. The van der Waals surface area contributed by atoms with Crippen LogP contribution >= 0.6 is 0 Å². The average molecular weight is 304 g/mol. The van der Waals surface area contributed by atoms with Crippen molar-refractivity contribution in [2.75, 3.05) is 0 Å². The predicted octanol–water partition coefficient (Wildman–Crippen LogP) is 4.06. The highest BCUT2D eigenvalue weighted by atomic mass is 16.3. The van der Waals surface area contributed by atoms with Crippen molar-refractivity contribution in [3.8, 4) is 0 Å². The molecule has 0 unspecified atom stereocenters. The van der Waals surface area contributed by atoms with Crippen LogP contribution in [0, 0.1) is 28.6 Å². The summed E-state index contributed by atoms with van der Waals surface area (Å²) in [7, 11) is 0. The van der Waals surface area contributed by atoms with E-state index in [-0.39, 0.29) is 11.5 Å². The summed E-state index contributed by atoms with van der Waals surface area (Å²) in [5.41, 5.74) is 1.50. The van der Waals surface area contributed by atoms with E-state index in [9.17, 15) is 10.2 Å². The second-order valence-electron chi connectivity index (χ2n) is 9.42. The molecule has 4 aliphatic carbocycles. The number of fused-ring (bicyclic) bond motifs is 5. The first kappa shape index (κ1) is 15.2. The summed E-state index contributed by atoms with van der Waals surface area (Å²) in [5, 5.41) is 21.0. The van der Waals surface area contributed by atoms with Gasteiger partial charge >= 0.3 is 0 Å². The van der Waals surface area contributed by atoms with Gasteiger partial charge in [0.25, 0.3) is 0 Å². The number of rotatable bonds is 0. The molecule has 0 heterocycles. The topological polar surface area (TPSA) is 40.5 Å². The second kappa shape index (κ2) is 4.60. The van der Waals surface area contributed by atoms with Crippen molar-refractivity contribution in [3.05, 3.63) is 11.6 Å². The molecule has 3 saturated carbocycles. The van der Waals surface area contributed by atoms with Crippen molar-refractivity contribution in [1.82, 2.24) is 0 Å². The lowest BCUT2D eigenvalue weighted by Crippen LogP contribution is -2.53. The van der Waals surface area contributed by atoms with Crippen LogP contribution in [-0.4, -0.2) is 21.9 Å². The average Bonchev–Trinajstić information content (AvgIpc) is 2.70. The molecule has 2 heteroatoms. The highest BCUT2D eigenvalue weighted by molar-refractivity contribution is 5.26. The third-order valence-corrected chi connectivity index (χ3v) is 8.64. The lowest BCUT2D eigenvalue weighted by Gasteiger charge is -2.58. The summed E-state index contributed by atoms with van der Waals surface area (Å²) in [5.74, 6) is 2.20. The fourth-order valence-corrected chi connectivity index (χ4v) is 6.89. The first-order chi connectivity index (χ1) is 10.3. The molecule has 4 rings (SSSR count). The Balaban J connectivity index is 1.69. The van der Waals surface area contributed by atoms with E-state index in [1.54, 1.807) is 5.57 Å². The minimum absolute atomic E-state index is 0.114. The standard InChI is InChI=1S/C20H32O2/c1-18-9-6-14(21)12-13(18)4-5-15-16(18)7-10-19(2)17(15)8-11-20(19,3)22/h4,14-17,21-22H,5-12H2,1-3H3/t14-,15+,16+,17+,18-,19-,20-/m0/s1. The minimum Gasteiger partial charge on any atom is -0.393 e. The number of hydrogen-bond acceptors (Lipinski definition) is 2. The molecule has 0 amide bonds. The van der Waals surface area contributed by atoms with Gasteiger partial charge in [-0.05, 0) is 86.9 Å². The summed E-state index contributed by atoms with van der Waals surface area (Å²) < 4.78 is 0. The quantitative estimate of drug-likeness (QED) is 0.663. The number of aliphatic hydroxyl groups excluding tert-OH is 1. The van der Waals surface area contributed by atoms with Crippen LogP contribution in [0.1, 0.15) is 72.1 Å². The third-order valence-electron chi connectivity index (χ3n) is 8.64. The highest BCUT2D eigenvalue weighted by Gasteiger charge is 2.61. The SMILES string of the molecule is C[C@]12CC[C@H](O)CC1=CC[C@@H]1[C@H]2CC[C@@]2(C)[C@@H]1CC[C@]2(C)O. The Morgan fingerprint density at radius 2 is 1.73 bits per heavy atom. The summed E-state index contributed by atoms with van der Waals surface area (Å²) >= 11 is 0. The molecule has 4 aliphatic rings. The lowest BCUT2D eigenvalue weighted by atomic mass is 9.47. The van der Waals surface area contributed by atoms with E-state index in [1.807, 2.05) is 0 Å². The van der Waals surface area contributed by atoms with E-state index in [0.717, 1.165) is 37.5 Å². The zero-order valence-corrected chi connectivity index (χ0v) is 14.4. The van der Waals surface area contributed by atoms with E-state index in [4.69, 9.17) is 0 Å². The molecule has 0 bridgehead atoms. The first-order valence-corrected chi connectivity index (χ1v) is 9.38. The van der Waals surface area contributed by atoms with Crippen LogP contribution in [0.3, 0.4) is 0 Å². The van der Waals surface area contributed by atoms with Gasteiger partial charge in [-0.1, -0.05) is 25.5 Å². The van der Waals surface area contributed by atoms with E-state index in [1.165, 1.54) is 25.7 Å². The third kappa shape index (κ3) is 1.80. The summed E-state index contributed by atoms with van der Waals surface area (Å²) in [6.45, 7) is 6.90. The second-order valence-corrected chi connectivity index (χ2v) is 9.42. The van der Waals surface area contributed by atoms with Gasteiger partial charge in [0.15, 0.2) is 0 Å². The monoisotopic (exact) mass is 304 g/mol. The molecular formula is C20H32O2. The smallest absolute Gasteiger partial charge is 0.0675 e. The molecule has 0 aliphatic heterocycles. The maximum absolute atomic E-state index is 10.9. The predicted molar refractivity (Wildman–Crippen MR) is 88.3 cm³/mol. The van der Waals surface area contributed by atoms with Crippen LogP contribution in [0.5, 0.6) is 0 Å². The Morgan fingerprint density at radius 1 is 1.00 bits per heavy atom. The Labute approximate surface area is 135 Å². The van der Waals surface area contributed by atoms with E-state index < -0.39 is 5.60 Å². The maximum Gasteiger partial charge on any atom is 0.0675 e. The highest BCUT2D eigenvalue weighted by Crippen LogP contribution is 2.66. The van der Waals surface area contributed by atoms with Crippen LogP contribution < -0.4 is 0 Å². The van der Waals surface area contributed by atoms with Gasteiger partial charge in [-0.3, -0.25) is 0 Å². The summed E-state index contributed by atoms with van der Waals surface area (Å²) in [6.07, 6.45) is 11.2. The van der Waals surface area contributed by atoms with Crippen LogP contribution in [-0.2, 0) is 0 Å². The van der Waals surface area contributed by atoms with Crippen molar-refractivity contribution in [2.24, 2.45) is 28.6 Å². The van der Waals surface area contributed by atoms with Crippen LogP contribution in [0.4, 0.5) is 0 Å². The number of hydrogen-bond donors (Lipinski definition) is 2. The van der Waals surface area contributed by atoms with Gasteiger partial charge in [-0.2, -0.15) is 0 Å². The first-order valence-electron chi connectivity index (χ1n) is 9.38. The van der Waals surface area contributed by atoms with Gasteiger partial charge in [0, 0.05) is 0 Å². The molecule has 3 fully saturated rings. The Bertz CT molecular complexity index is 508. The zero-order chi connectivity index (χ0) is 15.8. The molecule has 0 aromatic carbocycles. The van der Waals surface area contributed by atoms with Crippen molar-refractivity contribution in [2.45, 2.75) is 83.8 Å². The molecule has 0 aromatic heterocycles. The number of allylic oxidation sites excluding steroid dienone is 1. The fourth-order valence-electron chi connectivity index (χ4n) is 6.89. The Hall–Kier alpha value is -0.340. The molecule has 0 spiro atoms. The van der Waals surface area contributed by atoms with Gasteiger partial charge in [-0.15, -0.1) is 0 Å². The number of aliphatic hydroxyl groups is 2. The molecule has 0 saturated heterocycles. The minimum atomic E-state index is -0.476. The zero-order valence-electron chi connectivity index (χ0n) is 14.4. The van der Waals surface area contributed by atoms with E-state index in [0.29, 0.717) is 11.3 Å². The molecule has 0 radical (unpaired) electrons. The molecule has 0 aromatic rings. The van der Waals surface area contributed by atoms with Gasteiger partial charge < -0.3 is 10.2 Å². The van der Waals surface area contributed by atoms with Gasteiger partial charge in [0.1, 0.15) is 0 Å². The molecule has 22 heavy (non-hydrogen) atoms. The van der Waals surface area contributed by atoms with E-state index in [2.05, 4.69) is 26.8 Å².